The topological polar surface area (TPSA) is 234 Å². The van der Waals surface area contributed by atoms with E-state index in [0.717, 1.165) is 121 Å². The maximum Gasteiger partial charge on any atom is 0.0774 e. The van der Waals surface area contributed by atoms with Gasteiger partial charge < -0.3 is 42.5 Å². The summed E-state index contributed by atoms with van der Waals surface area (Å²) in [5.74, 6) is 10.1. The number of halogens is 3. The van der Waals surface area contributed by atoms with Crippen molar-refractivity contribution in [1.82, 2.24) is 18.8 Å². The van der Waals surface area contributed by atoms with Crippen molar-refractivity contribution in [3.8, 4) is 0 Å². The van der Waals surface area contributed by atoms with Gasteiger partial charge in [0.1, 0.15) is 14.3 Å². The number of hydrogen-bond donors (Lipinski definition) is 2. The minimum Gasteiger partial charge on any atom is -0.333 e. The molecule has 129 heavy (non-hydrogen) atoms. The Morgan fingerprint density at radius 3 is 1.06 bits per heavy atom. The summed E-state index contributed by atoms with van der Waals surface area (Å²) in [5.41, 5.74) is 3.43. The predicted molar refractivity (Wildman–Crippen MR) is 494 cm³/mol. The van der Waals surface area contributed by atoms with E-state index in [2.05, 4.69) is 205 Å². The first kappa shape index (κ1) is 102. The quantitative estimate of drug-likeness (QED) is 0.0211. The molecule has 17 fully saturated rings. The van der Waals surface area contributed by atoms with Crippen LogP contribution < -0.4 is 77.6 Å². The summed E-state index contributed by atoms with van der Waals surface area (Å²) in [6.07, 6.45) is 31.9. The Morgan fingerprint density at radius 2 is 0.752 bits per heavy atom. The van der Waals surface area contributed by atoms with Gasteiger partial charge in [-0.1, -0.05) is 95.7 Å². The van der Waals surface area contributed by atoms with Crippen LogP contribution in [0.4, 0.5) is 13.2 Å². The number of alkyl halides is 3. The molecular weight excluding hydrogens is 2140 g/mol. The van der Waals surface area contributed by atoms with Gasteiger partial charge in [-0.05, 0) is 324 Å². The number of benzene rings is 8. The molecule has 16 saturated carbocycles. The van der Waals surface area contributed by atoms with E-state index in [4.69, 9.17) is 52.1 Å². The zero-order chi connectivity index (χ0) is 88.5. The fourth-order valence-electron chi connectivity index (χ4n) is 28.7. The molecule has 29 heteroatoms. The Balaban J connectivity index is 0.000000125. The minimum absolute atomic E-state index is 0. The standard InChI is InChI=1S/C32H46BO3P.C26H34OP.2C19H11N2.C3H8O.CHF3O3S.2Ir.3K.HO4P/c1-29(2)30(3,4)36-33(35-29)27-7-5-6-8-28(27)37(34,31-15-21-9-22(16-31)11-23(10-21)17-31)32-18-24-12-25(19-32)14-26(13-24)20-32;27-28(24-4-2-1-3-5-24,25-12-18-6-19(13-25)8-20(7-18)14-25)26-15-21-9-22(16-26)11-23(10-21)17-26;2*1-2-9-15-13(7-1)14-8-3-5-11-17(14)21-18-12-6-4-10-16(18)20-19(15)21;1-3(2)4;2-1(3,4)8(5,6)7;;;;;;1-4-5(2)3/h5-8,21-26H,9-20H2,1-4H3;1-4,18-23H,6-17H2;2*1-8,10-12H;3-4H,1-2H3;(H,5,6,7);;;;;;1H/q;3*-1;;;;;;;+1;/p-1. The number of fused-ring (bicyclic) bond motifs is 16. The third-order valence-corrected chi connectivity index (χ3v) is 42.3. The first-order valence-corrected chi connectivity index (χ1v) is 68.1. The molecule has 1 saturated heterocycles. The van der Waals surface area contributed by atoms with Crippen LogP contribution in [0, 0.1) is 89.2 Å². The first-order chi connectivity index (χ1) is 60.2. The molecule has 1 unspecified atom stereocenters. The van der Waals surface area contributed by atoms with E-state index in [9.17, 15) is 13.2 Å². The van der Waals surface area contributed by atoms with Gasteiger partial charge in [0.2, 0.25) is 0 Å². The Morgan fingerprint density at radius 1 is 0.481 bits per heavy atom. The van der Waals surface area contributed by atoms with E-state index >= 15 is 9.13 Å². The van der Waals surface area contributed by atoms with Crippen LogP contribution in [0.15, 0.2) is 182 Å². The molecule has 672 valence electrons. The van der Waals surface area contributed by atoms with Gasteiger partial charge in [0.05, 0.1) is 44.6 Å². The van der Waals surface area contributed by atoms with Gasteiger partial charge in [-0.15, -0.1) is 64.6 Å². The Labute approximate surface area is 872 Å². The number of imidazole rings is 2. The molecule has 8 aromatic carbocycles. The average Bonchev–Trinajstić information content (AvgIpc) is 1.54. The average molecular weight is 2260 g/mol. The molecule has 29 rings (SSSR count). The normalized spacial score (nSPS) is 30.7. The third kappa shape index (κ3) is 19.1. The molecule has 5 heterocycles. The van der Waals surface area contributed by atoms with Crippen molar-refractivity contribution in [3.05, 3.63) is 200 Å². The summed E-state index contributed by atoms with van der Waals surface area (Å²) in [7, 11) is -14.8. The van der Waals surface area contributed by atoms with E-state index < -0.39 is 56.5 Å². The van der Waals surface area contributed by atoms with Gasteiger partial charge in [0.15, 0.2) is 0 Å². The van der Waals surface area contributed by atoms with Gasteiger partial charge in [0.25, 0.3) is 0 Å². The number of para-hydroxylation sites is 6. The van der Waals surface area contributed by atoms with Crippen molar-refractivity contribution in [2.75, 3.05) is 0 Å². The molecule has 16 aliphatic carbocycles. The summed E-state index contributed by atoms with van der Waals surface area (Å²) in [4.78, 5) is 18.5. The first-order valence-electron chi connectivity index (χ1n) is 46.2. The van der Waals surface area contributed by atoms with Crippen molar-refractivity contribution in [1.29, 1.82) is 0 Å². The molecule has 2 N–H and O–H groups in total. The van der Waals surface area contributed by atoms with Gasteiger partial charge in [-0.3, -0.25) is 14.5 Å². The molecule has 12 aromatic rings. The smallest absolute Gasteiger partial charge is 0.0774 e. The fourth-order valence-corrected chi connectivity index (χ4v) is 40.3. The van der Waals surface area contributed by atoms with Crippen LogP contribution in [0.1, 0.15) is 196 Å². The minimum atomic E-state index is -5.84. The molecule has 16 bridgehead atoms. The molecular formula is C100H111BF3Ir2K3N4O12P3S-3. The number of rotatable bonds is 8. The van der Waals surface area contributed by atoms with Crippen LogP contribution in [0.5, 0.6) is 0 Å². The van der Waals surface area contributed by atoms with Gasteiger partial charge in [-0.2, -0.15) is 51.9 Å². The van der Waals surface area contributed by atoms with Crippen LogP contribution in [0.25, 0.3) is 76.7 Å². The Hall–Kier alpha value is -1.01. The van der Waals surface area contributed by atoms with Crippen LogP contribution in [-0.2, 0) is 78.0 Å². The van der Waals surface area contributed by atoms with E-state index in [0.29, 0.717) is 0 Å². The van der Waals surface area contributed by atoms with E-state index in [1.807, 2.05) is 36.4 Å². The van der Waals surface area contributed by atoms with Crippen molar-refractivity contribution < 1.29 is 161 Å². The van der Waals surface area contributed by atoms with Crippen LogP contribution in [0.2, 0.25) is 0 Å². The zero-order valence-corrected chi connectivity index (χ0v) is 92.8. The summed E-state index contributed by atoms with van der Waals surface area (Å²) in [5, 5.41) is 26.2. The summed E-state index contributed by atoms with van der Waals surface area (Å²) in [6.45, 7) is 12.0. The van der Waals surface area contributed by atoms with Crippen LogP contribution in [-0.4, -0.2) is 151 Å². The summed E-state index contributed by atoms with van der Waals surface area (Å²) in [6, 6.07) is 73.4. The number of aliphatic hydroxyl groups is 1. The monoisotopic (exact) mass is 2260 g/mol. The number of aromatic nitrogens is 4. The van der Waals surface area contributed by atoms with Crippen LogP contribution in [0.3, 0.4) is 0 Å². The van der Waals surface area contributed by atoms with Gasteiger partial charge >= 0.3 is 146 Å². The zero-order valence-electron chi connectivity index (χ0n) is 75.2. The van der Waals surface area contributed by atoms with E-state index in [1.54, 1.807) is 13.8 Å². The van der Waals surface area contributed by atoms with Crippen LogP contribution >= 0.6 is 22.5 Å². The third-order valence-electron chi connectivity index (χ3n) is 32.0. The Kier molecular flexibility index (Phi) is 32.2. The molecule has 0 amide bonds. The molecule has 1 atom stereocenters. The maximum atomic E-state index is 16.9. The number of hydrogen-bond acceptors (Lipinski definition) is 13. The Bertz CT molecular complexity index is 5910. The van der Waals surface area contributed by atoms with Crippen molar-refractivity contribution in [2.24, 2.45) is 71.0 Å². The second-order valence-corrected chi connectivity index (χ2v) is 50.2. The maximum absolute atomic E-state index is 16.9. The molecule has 4 aromatic heterocycles. The number of pyridine rings is 2. The molecule has 17 aliphatic rings. The van der Waals surface area contributed by atoms with Crippen molar-refractivity contribution in [3.63, 3.8) is 0 Å². The number of nitrogens with zero attached hydrogens (tertiary/aromatic N) is 4. The van der Waals surface area contributed by atoms with Crippen molar-refractivity contribution in [2.45, 2.75) is 239 Å². The van der Waals surface area contributed by atoms with Crippen molar-refractivity contribution >= 4 is 196 Å². The van der Waals surface area contributed by atoms with E-state index in [-0.39, 0.29) is 118 Å². The second kappa shape index (κ2) is 40.5. The molecule has 16 nitrogen and oxygen atoms in total. The SMILES string of the molecule is CC(C)O.CC1(C)OB(c2ccccc2P(=O)(C23CC4CC(CC(C4)C2)C3)C23CC4CC(CC(C4)C2)C3)OC1(C)C.O=P(c1[c-]cccc1)(C12CC3CC(CC(C3)C1)C2)C12CC3CC(CC(C3)C1)C2.O=S(=O)(O)C(F)(F)F.O=[P+]([O-])O[O-].[Ir].[Ir].[K+].[K][K].[c-]1cccc2c1c1nc3ccccc3n1c1ccccc21.[c-]1cccc2c1c1nc3ccccc3n1c1ccccc21. The van der Waals surface area contributed by atoms with Gasteiger partial charge in [0, 0.05) is 83.3 Å². The van der Waals surface area contributed by atoms with E-state index in [1.165, 1.54) is 260 Å². The van der Waals surface area contributed by atoms with Gasteiger partial charge in [-0.25, -0.2) is 4.67 Å². The molecule has 1 aliphatic heterocycles. The fraction of sp³-hybridized carbons (Fsp3) is 0.500. The summed E-state index contributed by atoms with van der Waals surface area (Å²) < 4.78 is 120. The molecule has 0 spiro atoms. The largest absolute Gasteiger partial charge is 0.333 e. The molecule has 2 radical (unpaired) electrons. The number of aliphatic hydroxyl groups excluding tert-OH is 1. The predicted octanol–water partition coefficient (Wildman–Crippen LogP) is 17.8. The second-order valence-electron chi connectivity index (χ2n) is 41.0. The summed E-state index contributed by atoms with van der Waals surface area (Å²) >= 11 is 2.50.